The van der Waals surface area contributed by atoms with Crippen molar-refractivity contribution >= 4 is 0 Å². The average Bonchev–Trinajstić information content (AvgIpc) is 2.84. The van der Waals surface area contributed by atoms with Gasteiger partial charge in [0, 0.05) is 6.04 Å². The monoisotopic (exact) mass is 281 g/mol. The molecule has 1 rings (SSSR count). The van der Waals surface area contributed by atoms with Crippen LogP contribution in [0.15, 0.2) is 0 Å². The van der Waals surface area contributed by atoms with E-state index in [1.165, 1.54) is 38.5 Å². The number of rotatable bonds is 9. The maximum atomic E-state index is 3.74. The topological polar surface area (TPSA) is 12.0 Å². The van der Waals surface area contributed by atoms with E-state index in [-0.39, 0.29) is 0 Å². The lowest BCUT2D eigenvalue weighted by Crippen LogP contribution is -2.39. The third-order valence-corrected chi connectivity index (χ3v) is 5.74. The summed E-state index contributed by atoms with van der Waals surface area (Å²) in [5, 5.41) is 3.74. The Kier molecular flexibility index (Phi) is 8.17. The van der Waals surface area contributed by atoms with Gasteiger partial charge in [0.1, 0.15) is 0 Å². The summed E-state index contributed by atoms with van der Waals surface area (Å²) in [5.41, 5.74) is 0. The molecule has 0 aromatic heterocycles. The van der Waals surface area contributed by atoms with Crippen LogP contribution in [-0.2, 0) is 0 Å². The molecule has 1 N–H and O–H groups in total. The molecule has 0 heterocycles. The van der Waals surface area contributed by atoms with Crippen LogP contribution in [0.2, 0.25) is 0 Å². The molecule has 0 bridgehead atoms. The third-order valence-electron chi connectivity index (χ3n) is 5.74. The van der Waals surface area contributed by atoms with Crippen molar-refractivity contribution in [3.05, 3.63) is 0 Å². The van der Waals surface area contributed by atoms with Gasteiger partial charge in [-0.2, -0.15) is 0 Å². The fourth-order valence-corrected chi connectivity index (χ4v) is 4.30. The van der Waals surface area contributed by atoms with Crippen LogP contribution in [0, 0.1) is 29.6 Å². The zero-order valence-corrected chi connectivity index (χ0v) is 14.9. The summed E-state index contributed by atoms with van der Waals surface area (Å²) in [5.74, 6) is 4.49. The smallest absolute Gasteiger partial charge is 0.00975 e. The van der Waals surface area contributed by atoms with E-state index in [0.29, 0.717) is 6.04 Å². The minimum Gasteiger partial charge on any atom is -0.314 e. The first-order valence-corrected chi connectivity index (χ1v) is 9.22. The second kappa shape index (κ2) is 9.07. The number of nitrogens with one attached hydrogen (secondary N) is 1. The Bertz CT molecular complexity index is 248. The molecule has 5 unspecified atom stereocenters. The van der Waals surface area contributed by atoms with Crippen LogP contribution in [0.4, 0.5) is 0 Å². The van der Waals surface area contributed by atoms with Crippen molar-refractivity contribution in [3.8, 4) is 0 Å². The second-order valence-corrected chi connectivity index (χ2v) is 7.73. The first kappa shape index (κ1) is 18.0. The fraction of sp³-hybridized carbons (Fsp3) is 1.00. The zero-order valence-electron chi connectivity index (χ0n) is 14.9. The Balaban J connectivity index is 2.52. The van der Waals surface area contributed by atoms with E-state index >= 15 is 0 Å². The van der Waals surface area contributed by atoms with Gasteiger partial charge in [-0.25, -0.2) is 0 Å². The lowest BCUT2D eigenvalue weighted by molar-refractivity contribution is 0.204. The molecule has 0 aromatic rings. The van der Waals surface area contributed by atoms with Gasteiger partial charge in [-0.05, 0) is 49.0 Å². The Hall–Kier alpha value is -0.0400. The fourth-order valence-electron chi connectivity index (χ4n) is 4.30. The van der Waals surface area contributed by atoms with Crippen molar-refractivity contribution in [1.29, 1.82) is 0 Å². The Morgan fingerprint density at radius 3 is 2.20 bits per heavy atom. The minimum atomic E-state index is 0.705. The van der Waals surface area contributed by atoms with E-state index < -0.39 is 0 Å². The molecule has 1 aliphatic rings. The Morgan fingerprint density at radius 1 is 1.00 bits per heavy atom. The standard InChI is InChI=1S/C19H39N/c1-7-17-10-9-11-18(17)13-15(5)16(6)19(20-8-2)12-14(3)4/h14-20H,7-13H2,1-6H3. The van der Waals surface area contributed by atoms with E-state index in [1.807, 2.05) is 0 Å². The maximum Gasteiger partial charge on any atom is 0.00975 e. The van der Waals surface area contributed by atoms with E-state index in [9.17, 15) is 0 Å². The highest BCUT2D eigenvalue weighted by Gasteiger charge is 2.30. The molecule has 1 nitrogen and oxygen atoms in total. The van der Waals surface area contributed by atoms with Gasteiger partial charge >= 0.3 is 0 Å². The van der Waals surface area contributed by atoms with Crippen molar-refractivity contribution in [3.63, 3.8) is 0 Å². The van der Waals surface area contributed by atoms with Crippen LogP contribution in [0.25, 0.3) is 0 Å². The second-order valence-electron chi connectivity index (χ2n) is 7.73. The van der Waals surface area contributed by atoms with Crippen LogP contribution in [0.1, 0.15) is 80.1 Å². The van der Waals surface area contributed by atoms with E-state index in [0.717, 1.165) is 36.1 Å². The average molecular weight is 282 g/mol. The minimum absolute atomic E-state index is 0.705. The summed E-state index contributed by atoms with van der Waals surface area (Å²) in [7, 11) is 0. The molecule has 120 valence electrons. The summed E-state index contributed by atoms with van der Waals surface area (Å²) in [6.07, 6.45) is 8.64. The molecular weight excluding hydrogens is 242 g/mol. The maximum absolute atomic E-state index is 3.74. The van der Waals surface area contributed by atoms with Crippen LogP contribution in [0.5, 0.6) is 0 Å². The summed E-state index contributed by atoms with van der Waals surface area (Å²) in [6.45, 7) is 15.4. The van der Waals surface area contributed by atoms with Crippen LogP contribution < -0.4 is 5.32 Å². The molecule has 20 heavy (non-hydrogen) atoms. The molecule has 0 spiro atoms. The summed E-state index contributed by atoms with van der Waals surface area (Å²) in [6, 6.07) is 0.705. The Labute approximate surface area is 128 Å². The van der Waals surface area contributed by atoms with Crippen LogP contribution >= 0.6 is 0 Å². The van der Waals surface area contributed by atoms with Gasteiger partial charge in [-0.3, -0.25) is 0 Å². The molecule has 1 heteroatoms. The summed E-state index contributed by atoms with van der Waals surface area (Å²) in [4.78, 5) is 0. The van der Waals surface area contributed by atoms with E-state index in [4.69, 9.17) is 0 Å². The largest absolute Gasteiger partial charge is 0.314 e. The quantitative estimate of drug-likeness (QED) is 0.588. The van der Waals surface area contributed by atoms with Crippen molar-refractivity contribution in [2.24, 2.45) is 29.6 Å². The summed E-state index contributed by atoms with van der Waals surface area (Å²) >= 11 is 0. The first-order chi connectivity index (χ1) is 9.49. The third kappa shape index (κ3) is 5.39. The molecule has 1 saturated carbocycles. The highest BCUT2D eigenvalue weighted by atomic mass is 14.9. The lowest BCUT2D eigenvalue weighted by atomic mass is 9.77. The van der Waals surface area contributed by atoms with Gasteiger partial charge in [-0.1, -0.05) is 67.2 Å². The summed E-state index contributed by atoms with van der Waals surface area (Å²) < 4.78 is 0. The Morgan fingerprint density at radius 2 is 1.65 bits per heavy atom. The van der Waals surface area contributed by atoms with Crippen molar-refractivity contribution in [1.82, 2.24) is 5.32 Å². The molecule has 1 aliphatic carbocycles. The molecular formula is C19H39N. The molecule has 0 amide bonds. The predicted molar refractivity (Wildman–Crippen MR) is 91.0 cm³/mol. The first-order valence-electron chi connectivity index (χ1n) is 9.22. The lowest BCUT2D eigenvalue weighted by Gasteiger charge is -2.33. The SMILES string of the molecule is CCNC(CC(C)C)C(C)C(C)CC1CCCC1CC. The van der Waals surface area contributed by atoms with Gasteiger partial charge in [0.25, 0.3) is 0 Å². The molecule has 5 atom stereocenters. The zero-order chi connectivity index (χ0) is 15.1. The van der Waals surface area contributed by atoms with Crippen molar-refractivity contribution < 1.29 is 0 Å². The predicted octanol–water partition coefficient (Wildman–Crippen LogP) is 5.50. The van der Waals surface area contributed by atoms with Crippen molar-refractivity contribution in [2.45, 2.75) is 86.1 Å². The molecule has 0 aromatic carbocycles. The van der Waals surface area contributed by atoms with E-state index in [2.05, 4.69) is 46.9 Å². The van der Waals surface area contributed by atoms with Gasteiger partial charge in [0.15, 0.2) is 0 Å². The molecule has 1 fully saturated rings. The van der Waals surface area contributed by atoms with Crippen LogP contribution in [-0.4, -0.2) is 12.6 Å². The van der Waals surface area contributed by atoms with Gasteiger partial charge in [0.05, 0.1) is 0 Å². The van der Waals surface area contributed by atoms with Crippen LogP contribution in [0.3, 0.4) is 0 Å². The van der Waals surface area contributed by atoms with Gasteiger partial charge < -0.3 is 5.32 Å². The number of hydrogen-bond acceptors (Lipinski definition) is 1. The normalized spacial score (nSPS) is 27.8. The molecule has 0 radical (unpaired) electrons. The van der Waals surface area contributed by atoms with E-state index in [1.54, 1.807) is 0 Å². The molecule has 0 saturated heterocycles. The highest BCUT2D eigenvalue weighted by molar-refractivity contribution is 4.83. The highest BCUT2D eigenvalue weighted by Crippen LogP contribution is 2.39. The van der Waals surface area contributed by atoms with Gasteiger partial charge in [0.2, 0.25) is 0 Å². The van der Waals surface area contributed by atoms with Gasteiger partial charge in [-0.15, -0.1) is 0 Å². The number of hydrogen-bond donors (Lipinski definition) is 1. The molecule has 0 aliphatic heterocycles. The van der Waals surface area contributed by atoms with Crippen molar-refractivity contribution in [2.75, 3.05) is 6.54 Å².